The van der Waals surface area contributed by atoms with E-state index in [1.807, 2.05) is 0 Å². The molecule has 0 aliphatic heterocycles. The molecule has 1 saturated carbocycles. The first-order chi connectivity index (χ1) is 8.35. The molecule has 0 bridgehead atoms. The van der Waals surface area contributed by atoms with Crippen molar-refractivity contribution in [3.63, 3.8) is 0 Å². The number of nitrogens with zero attached hydrogens (tertiary/aromatic N) is 3. The van der Waals surface area contributed by atoms with Crippen LogP contribution < -0.4 is 4.90 Å². The van der Waals surface area contributed by atoms with Crippen molar-refractivity contribution < 1.29 is 9.90 Å². The molecular weight excluding hydrogens is 218 g/mol. The predicted molar refractivity (Wildman–Crippen MR) is 64.1 cm³/mol. The number of aliphatic hydroxyl groups excluding tert-OH is 1. The highest BCUT2D eigenvalue weighted by Crippen LogP contribution is 2.27. The van der Waals surface area contributed by atoms with E-state index in [0.717, 1.165) is 32.1 Å². The molecule has 1 N–H and O–H groups in total. The molecule has 5 heteroatoms. The molecule has 0 unspecified atom stereocenters. The summed E-state index contributed by atoms with van der Waals surface area (Å²) < 4.78 is 0. The molecule has 1 heterocycles. The highest BCUT2D eigenvalue weighted by molar-refractivity contribution is 5.73. The number of anilines is 1. The van der Waals surface area contributed by atoms with Gasteiger partial charge in [0.05, 0.1) is 5.56 Å². The summed E-state index contributed by atoms with van der Waals surface area (Å²) in [6.07, 6.45) is 8.10. The molecule has 0 radical (unpaired) electrons. The minimum atomic E-state index is 0.176. The average molecular weight is 235 g/mol. The predicted octanol–water partition coefficient (Wildman–Crippen LogP) is 1.03. The van der Waals surface area contributed by atoms with Crippen LogP contribution in [-0.4, -0.2) is 40.6 Å². The van der Waals surface area contributed by atoms with Crippen LogP contribution >= 0.6 is 0 Å². The standard InChI is InChI=1S/C12H17N3O2/c16-6-2-5-15(11-3-1-4-11)12-13-7-10(9-17)8-14-12/h7-9,11,16H,1-6H2. The van der Waals surface area contributed by atoms with Crippen molar-refractivity contribution in [3.8, 4) is 0 Å². The third kappa shape index (κ3) is 2.79. The van der Waals surface area contributed by atoms with Gasteiger partial charge in [-0.25, -0.2) is 9.97 Å². The Morgan fingerprint density at radius 1 is 1.41 bits per heavy atom. The molecule has 17 heavy (non-hydrogen) atoms. The Hall–Kier alpha value is -1.49. The minimum Gasteiger partial charge on any atom is -0.396 e. The maximum Gasteiger partial charge on any atom is 0.225 e. The summed E-state index contributed by atoms with van der Waals surface area (Å²) in [6, 6.07) is 0.489. The van der Waals surface area contributed by atoms with Gasteiger partial charge in [0.1, 0.15) is 0 Å². The van der Waals surface area contributed by atoms with E-state index in [0.29, 0.717) is 17.6 Å². The fourth-order valence-corrected chi connectivity index (χ4v) is 1.93. The Labute approximate surface area is 100 Å². The SMILES string of the molecule is O=Cc1cnc(N(CCCO)C2CCC2)nc1. The zero-order valence-corrected chi connectivity index (χ0v) is 9.75. The van der Waals surface area contributed by atoms with Crippen LogP contribution in [0.4, 0.5) is 5.95 Å². The van der Waals surface area contributed by atoms with Gasteiger partial charge in [-0.1, -0.05) is 0 Å². The number of aromatic nitrogens is 2. The number of aliphatic hydroxyl groups is 1. The normalized spacial score (nSPS) is 15.4. The first kappa shape index (κ1) is 12.0. The maximum absolute atomic E-state index is 10.5. The monoisotopic (exact) mass is 235 g/mol. The number of hydrogen-bond acceptors (Lipinski definition) is 5. The summed E-state index contributed by atoms with van der Waals surface area (Å²) in [4.78, 5) is 21.1. The van der Waals surface area contributed by atoms with Gasteiger partial charge in [-0.15, -0.1) is 0 Å². The Kier molecular flexibility index (Phi) is 4.03. The minimum absolute atomic E-state index is 0.176. The van der Waals surface area contributed by atoms with Crippen LogP contribution in [0, 0.1) is 0 Å². The van der Waals surface area contributed by atoms with Gasteiger partial charge in [0.25, 0.3) is 0 Å². The summed E-state index contributed by atoms with van der Waals surface area (Å²) in [5, 5.41) is 8.90. The van der Waals surface area contributed by atoms with Crippen LogP contribution in [0.5, 0.6) is 0 Å². The third-order valence-corrected chi connectivity index (χ3v) is 3.12. The Morgan fingerprint density at radius 2 is 2.12 bits per heavy atom. The molecule has 1 aromatic heterocycles. The Bertz CT molecular complexity index is 363. The van der Waals surface area contributed by atoms with Crippen molar-refractivity contribution in [2.24, 2.45) is 0 Å². The molecule has 2 rings (SSSR count). The van der Waals surface area contributed by atoms with Gasteiger partial charge >= 0.3 is 0 Å². The van der Waals surface area contributed by atoms with Crippen LogP contribution in [0.15, 0.2) is 12.4 Å². The van der Waals surface area contributed by atoms with Gasteiger partial charge in [-0.3, -0.25) is 4.79 Å². The first-order valence-electron chi connectivity index (χ1n) is 6.00. The molecule has 1 fully saturated rings. The molecule has 0 atom stereocenters. The Morgan fingerprint density at radius 3 is 2.59 bits per heavy atom. The third-order valence-electron chi connectivity index (χ3n) is 3.12. The van der Waals surface area contributed by atoms with E-state index in [1.54, 1.807) is 12.4 Å². The van der Waals surface area contributed by atoms with E-state index >= 15 is 0 Å². The van der Waals surface area contributed by atoms with Gasteiger partial charge in [0.2, 0.25) is 5.95 Å². The number of hydrogen-bond donors (Lipinski definition) is 1. The van der Waals surface area contributed by atoms with Crippen molar-refractivity contribution in [2.75, 3.05) is 18.1 Å². The summed E-state index contributed by atoms with van der Waals surface area (Å²) in [6.45, 7) is 0.942. The molecule has 92 valence electrons. The van der Waals surface area contributed by atoms with Crippen molar-refractivity contribution in [2.45, 2.75) is 31.7 Å². The second-order valence-electron chi connectivity index (χ2n) is 4.29. The summed E-state index contributed by atoms with van der Waals surface area (Å²) in [7, 11) is 0. The van der Waals surface area contributed by atoms with E-state index in [9.17, 15) is 4.79 Å². The van der Waals surface area contributed by atoms with Crippen molar-refractivity contribution in [1.29, 1.82) is 0 Å². The van der Waals surface area contributed by atoms with Crippen LogP contribution in [0.2, 0.25) is 0 Å². The zero-order valence-electron chi connectivity index (χ0n) is 9.75. The van der Waals surface area contributed by atoms with Crippen molar-refractivity contribution in [1.82, 2.24) is 9.97 Å². The zero-order chi connectivity index (χ0) is 12.1. The molecular formula is C12H17N3O2. The lowest BCUT2D eigenvalue weighted by Gasteiger charge is -2.37. The lowest BCUT2D eigenvalue weighted by molar-refractivity contribution is 0.112. The highest BCUT2D eigenvalue weighted by atomic mass is 16.3. The second-order valence-corrected chi connectivity index (χ2v) is 4.29. The van der Waals surface area contributed by atoms with Gasteiger partial charge in [0.15, 0.2) is 6.29 Å². The fraction of sp³-hybridized carbons (Fsp3) is 0.583. The molecule has 0 amide bonds. The Balaban J connectivity index is 2.09. The topological polar surface area (TPSA) is 66.3 Å². The summed E-state index contributed by atoms with van der Waals surface area (Å²) in [5.41, 5.74) is 0.490. The van der Waals surface area contributed by atoms with Gasteiger partial charge in [-0.05, 0) is 25.7 Å². The molecule has 0 spiro atoms. The van der Waals surface area contributed by atoms with Crippen LogP contribution in [0.1, 0.15) is 36.0 Å². The molecule has 5 nitrogen and oxygen atoms in total. The van der Waals surface area contributed by atoms with Crippen LogP contribution in [-0.2, 0) is 0 Å². The fourth-order valence-electron chi connectivity index (χ4n) is 1.93. The quantitative estimate of drug-likeness (QED) is 0.746. The van der Waals surface area contributed by atoms with Crippen molar-refractivity contribution >= 4 is 12.2 Å². The van der Waals surface area contributed by atoms with E-state index < -0.39 is 0 Å². The largest absolute Gasteiger partial charge is 0.396 e. The maximum atomic E-state index is 10.5. The number of rotatable bonds is 6. The first-order valence-corrected chi connectivity index (χ1v) is 6.00. The van der Waals surface area contributed by atoms with Gasteiger partial charge < -0.3 is 10.0 Å². The van der Waals surface area contributed by atoms with E-state index in [4.69, 9.17) is 5.11 Å². The molecule has 0 aromatic carbocycles. The van der Waals surface area contributed by atoms with Crippen LogP contribution in [0.25, 0.3) is 0 Å². The van der Waals surface area contributed by atoms with E-state index in [-0.39, 0.29) is 6.61 Å². The van der Waals surface area contributed by atoms with Gasteiger partial charge in [-0.2, -0.15) is 0 Å². The molecule has 0 saturated heterocycles. The number of aldehydes is 1. The molecule has 1 aliphatic carbocycles. The molecule has 1 aliphatic rings. The van der Waals surface area contributed by atoms with Gasteiger partial charge in [0, 0.05) is 31.6 Å². The van der Waals surface area contributed by atoms with Crippen LogP contribution in [0.3, 0.4) is 0 Å². The van der Waals surface area contributed by atoms with E-state index in [2.05, 4.69) is 14.9 Å². The lowest BCUT2D eigenvalue weighted by atomic mass is 9.91. The lowest BCUT2D eigenvalue weighted by Crippen LogP contribution is -2.42. The highest BCUT2D eigenvalue weighted by Gasteiger charge is 2.26. The number of carbonyl (C=O) groups excluding carboxylic acids is 1. The molecule has 1 aromatic rings. The average Bonchev–Trinajstić information content (AvgIpc) is 2.32. The van der Waals surface area contributed by atoms with E-state index in [1.165, 1.54) is 6.42 Å². The summed E-state index contributed by atoms with van der Waals surface area (Å²) >= 11 is 0. The smallest absolute Gasteiger partial charge is 0.225 e. The summed E-state index contributed by atoms with van der Waals surface area (Å²) in [5.74, 6) is 0.661. The number of carbonyl (C=O) groups is 1. The second kappa shape index (κ2) is 5.72. The van der Waals surface area contributed by atoms with Crippen molar-refractivity contribution in [3.05, 3.63) is 18.0 Å².